The van der Waals surface area contributed by atoms with Crippen LogP contribution in [0.15, 0.2) is 47.1 Å². The lowest BCUT2D eigenvalue weighted by molar-refractivity contribution is -0.120. The quantitative estimate of drug-likeness (QED) is 0.298. The molecule has 8 nitrogen and oxygen atoms in total. The zero-order valence-electron chi connectivity index (χ0n) is 16.1. The first kappa shape index (κ1) is 20.6. The van der Waals surface area contributed by atoms with Gasteiger partial charge in [0.1, 0.15) is 17.5 Å². The maximum absolute atomic E-state index is 12.8. The van der Waals surface area contributed by atoms with Crippen molar-refractivity contribution < 1.29 is 13.4 Å². The van der Waals surface area contributed by atoms with E-state index >= 15 is 0 Å². The minimum Gasteiger partial charge on any atom is -0.464 e. The molecule has 0 fully saturated rings. The van der Waals surface area contributed by atoms with Crippen LogP contribution in [0, 0.1) is 12.3 Å². The van der Waals surface area contributed by atoms with Crippen molar-refractivity contribution in [2.45, 2.75) is 26.3 Å². The summed E-state index contributed by atoms with van der Waals surface area (Å²) in [5.41, 5.74) is 10.1. The van der Waals surface area contributed by atoms with Crippen LogP contribution in [0.4, 0.5) is 5.69 Å². The summed E-state index contributed by atoms with van der Waals surface area (Å²) in [5.74, 6) is -0.568. The number of nitrogens with two attached hydrogens (primary N) is 2. The molecule has 1 heterocycles. The molecule has 1 aromatic heterocycles. The van der Waals surface area contributed by atoms with E-state index in [0.29, 0.717) is 16.8 Å². The Morgan fingerprint density at radius 3 is 2.55 bits per heavy atom. The predicted octanol–water partition coefficient (Wildman–Crippen LogP) is 2.39. The van der Waals surface area contributed by atoms with E-state index in [2.05, 4.69) is 10.0 Å². The summed E-state index contributed by atoms with van der Waals surface area (Å²) in [6.07, 6.45) is 2.41. The lowest BCUT2D eigenvalue weighted by atomic mass is 9.98. The topological polar surface area (TPSA) is 147 Å². The van der Waals surface area contributed by atoms with Crippen molar-refractivity contribution in [2.75, 3.05) is 5.32 Å². The summed E-state index contributed by atoms with van der Waals surface area (Å²) >= 11 is -1.99. The number of benzene rings is 2. The molecule has 0 saturated heterocycles. The average molecular weight is 414 g/mol. The van der Waals surface area contributed by atoms with Crippen molar-refractivity contribution in [3.63, 3.8) is 0 Å². The van der Waals surface area contributed by atoms with Gasteiger partial charge in [-0.05, 0) is 66.4 Å². The molecule has 2 unspecified atom stereocenters. The van der Waals surface area contributed by atoms with Gasteiger partial charge in [-0.1, -0.05) is 6.92 Å². The molecule has 2 atom stereocenters. The van der Waals surface area contributed by atoms with Crippen LogP contribution in [-0.4, -0.2) is 16.0 Å². The Labute approximate surface area is 170 Å². The Morgan fingerprint density at radius 2 is 1.97 bits per heavy atom. The van der Waals surface area contributed by atoms with Crippen LogP contribution in [-0.2, 0) is 22.4 Å². The van der Waals surface area contributed by atoms with E-state index in [9.17, 15) is 9.00 Å². The Kier molecular flexibility index (Phi) is 6.00. The molecule has 0 aliphatic rings. The van der Waals surface area contributed by atoms with Gasteiger partial charge in [0.25, 0.3) is 5.91 Å². The van der Waals surface area contributed by atoms with Crippen LogP contribution in [0.25, 0.3) is 11.0 Å². The lowest BCUT2D eigenvalue weighted by Gasteiger charge is -2.20. The zero-order valence-corrected chi connectivity index (χ0v) is 16.9. The van der Waals surface area contributed by atoms with Crippen LogP contribution in [0.1, 0.15) is 35.2 Å². The van der Waals surface area contributed by atoms with Gasteiger partial charge >= 0.3 is 0 Å². The van der Waals surface area contributed by atoms with E-state index in [-0.39, 0.29) is 5.84 Å². The summed E-state index contributed by atoms with van der Waals surface area (Å²) < 4.78 is 19.3. The van der Waals surface area contributed by atoms with Crippen LogP contribution in [0.3, 0.4) is 0 Å². The fourth-order valence-electron chi connectivity index (χ4n) is 3.16. The fraction of sp³-hybridized carbons (Fsp3) is 0.200. The number of carbonyl (C=O) groups excluding carboxylic acids is 1. The molecule has 0 aliphatic carbocycles. The van der Waals surface area contributed by atoms with E-state index in [0.717, 1.165) is 28.5 Å². The maximum Gasteiger partial charge on any atom is 0.259 e. The van der Waals surface area contributed by atoms with Crippen LogP contribution in [0.2, 0.25) is 0 Å². The highest BCUT2D eigenvalue weighted by atomic mass is 32.2. The Morgan fingerprint density at radius 1 is 1.28 bits per heavy atom. The molecule has 0 spiro atoms. The number of amidine groups is 1. The van der Waals surface area contributed by atoms with Crippen molar-refractivity contribution in [1.82, 2.24) is 4.72 Å². The van der Waals surface area contributed by atoms with Crippen molar-refractivity contribution in [2.24, 2.45) is 10.9 Å². The molecule has 3 rings (SSSR count). The largest absolute Gasteiger partial charge is 0.464 e. The predicted molar refractivity (Wildman–Crippen MR) is 115 cm³/mol. The molecular weight excluding hydrogens is 390 g/mol. The first-order valence-corrected chi connectivity index (χ1v) is 10.2. The van der Waals surface area contributed by atoms with E-state index in [1.807, 2.05) is 26.0 Å². The average Bonchev–Trinajstić information content (AvgIpc) is 3.06. The van der Waals surface area contributed by atoms with E-state index in [1.54, 1.807) is 30.5 Å². The van der Waals surface area contributed by atoms with Crippen LogP contribution < -0.4 is 20.9 Å². The van der Waals surface area contributed by atoms with Crippen LogP contribution >= 0.6 is 0 Å². The maximum atomic E-state index is 12.8. The standard InChI is InChI=1S/C20H23N5O3S/c1-3-12-8-14(9-16-11(2)10-28-18(12)16)17(20(26)25-29(23)27)24-15-6-4-13(5-7-15)19(21)22/h4-10,17,24H,3,23H2,1-2H3,(H3,21,22)(H,25,26). The number of furan rings is 1. The number of aryl methyl sites for hydroxylation is 2. The molecule has 3 aromatic rings. The highest BCUT2D eigenvalue weighted by molar-refractivity contribution is 7.81. The lowest BCUT2D eigenvalue weighted by Crippen LogP contribution is -2.37. The van der Waals surface area contributed by atoms with Crippen molar-refractivity contribution in [1.29, 1.82) is 5.41 Å². The number of hydrogen-bond donors (Lipinski definition) is 5. The third kappa shape index (κ3) is 4.47. The molecule has 2 aromatic carbocycles. The number of rotatable bonds is 7. The molecule has 0 radical (unpaired) electrons. The van der Waals surface area contributed by atoms with Gasteiger partial charge in [-0.2, -0.15) is 0 Å². The van der Waals surface area contributed by atoms with Gasteiger partial charge in [0.2, 0.25) is 0 Å². The van der Waals surface area contributed by atoms with Crippen molar-refractivity contribution in [3.8, 4) is 0 Å². The second kappa shape index (κ2) is 8.46. The first-order chi connectivity index (χ1) is 13.8. The van der Waals surface area contributed by atoms with Gasteiger partial charge in [0.05, 0.1) is 6.26 Å². The molecule has 1 amide bonds. The van der Waals surface area contributed by atoms with E-state index in [4.69, 9.17) is 20.7 Å². The SMILES string of the molecule is CCc1cc(C(Nc2ccc(C(=N)N)cc2)C(=O)NS(N)=O)cc2c(C)coc12. The molecule has 9 heteroatoms. The number of fused-ring (bicyclic) bond motifs is 1. The smallest absolute Gasteiger partial charge is 0.259 e. The molecular formula is C20H23N5O3S. The Hall–Kier alpha value is -3.17. The van der Waals surface area contributed by atoms with Gasteiger partial charge in [-0.3, -0.25) is 14.9 Å². The molecule has 7 N–H and O–H groups in total. The number of nitrogens with one attached hydrogen (secondary N) is 3. The van der Waals surface area contributed by atoms with Crippen LogP contribution in [0.5, 0.6) is 0 Å². The first-order valence-electron chi connectivity index (χ1n) is 8.98. The normalized spacial score (nSPS) is 13.1. The van der Waals surface area contributed by atoms with Gasteiger partial charge in [0.15, 0.2) is 11.2 Å². The summed E-state index contributed by atoms with van der Waals surface area (Å²) in [6.45, 7) is 3.95. The minimum absolute atomic E-state index is 0.0437. The Balaban J connectivity index is 2.04. The molecule has 29 heavy (non-hydrogen) atoms. The third-order valence-corrected chi connectivity index (χ3v) is 5.05. The number of amides is 1. The number of carbonyl (C=O) groups is 1. The molecule has 0 aliphatic heterocycles. The summed E-state index contributed by atoms with van der Waals surface area (Å²) in [5, 5.41) is 16.8. The van der Waals surface area contributed by atoms with Crippen molar-refractivity contribution >= 4 is 39.6 Å². The molecule has 152 valence electrons. The van der Waals surface area contributed by atoms with Gasteiger partial charge in [-0.15, -0.1) is 0 Å². The molecule has 0 saturated carbocycles. The second-order valence-electron chi connectivity index (χ2n) is 6.66. The van der Waals surface area contributed by atoms with E-state index < -0.39 is 23.1 Å². The fourth-order valence-corrected chi connectivity index (χ4v) is 3.47. The van der Waals surface area contributed by atoms with Crippen molar-refractivity contribution in [3.05, 3.63) is 64.9 Å². The van der Waals surface area contributed by atoms with Gasteiger partial charge in [0, 0.05) is 16.6 Å². The van der Waals surface area contributed by atoms with Gasteiger partial charge < -0.3 is 15.5 Å². The zero-order chi connectivity index (χ0) is 21.1. The number of hydrogen-bond acceptors (Lipinski definition) is 5. The number of nitrogen functional groups attached to an aromatic ring is 1. The number of anilines is 1. The van der Waals surface area contributed by atoms with Gasteiger partial charge in [-0.25, -0.2) is 9.35 Å². The highest BCUT2D eigenvalue weighted by Crippen LogP contribution is 2.30. The molecule has 0 bridgehead atoms. The summed E-state index contributed by atoms with van der Waals surface area (Å²) in [7, 11) is 0. The third-order valence-electron chi connectivity index (χ3n) is 4.65. The second-order valence-corrected chi connectivity index (χ2v) is 7.46. The van der Waals surface area contributed by atoms with E-state index in [1.165, 1.54) is 0 Å². The Bertz CT molecular complexity index is 1090. The highest BCUT2D eigenvalue weighted by Gasteiger charge is 2.24. The minimum atomic E-state index is -1.99. The summed E-state index contributed by atoms with van der Waals surface area (Å²) in [4.78, 5) is 12.8. The monoisotopic (exact) mass is 413 g/mol. The summed E-state index contributed by atoms with van der Waals surface area (Å²) in [6, 6.07) is 9.75.